The summed E-state index contributed by atoms with van der Waals surface area (Å²) < 4.78 is 5.70. The molecule has 2 aromatic carbocycles. The first-order valence-corrected chi connectivity index (χ1v) is 11.3. The minimum absolute atomic E-state index is 0.0439. The van der Waals surface area contributed by atoms with Gasteiger partial charge in [0.1, 0.15) is 4.83 Å². The van der Waals surface area contributed by atoms with Crippen LogP contribution in [0.5, 0.6) is 0 Å². The molecule has 4 aromatic rings. The molecule has 0 aliphatic carbocycles. The van der Waals surface area contributed by atoms with Gasteiger partial charge >= 0.3 is 5.97 Å². The Balaban J connectivity index is 1.41. The van der Waals surface area contributed by atoms with E-state index in [1.807, 2.05) is 12.1 Å². The van der Waals surface area contributed by atoms with Crippen LogP contribution in [-0.4, -0.2) is 26.8 Å². The van der Waals surface area contributed by atoms with E-state index in [1.165, 1.54) is 23.5 Å². The lowest BCUT2D eigenvalue weighted by molar-refractivity contribution is 0.0696. The van der Waals surface area contributed by atoms with Crippen LogP contribution in [-0.2, 0) is 24.4 Å². The van der Waals surface area contributed by atoms with Crippen molar-refractivity contribution in [1.29, 1.82) is 0 Å². The maximum atomic E-state index is 12.7. The number of thiophene rings is 1. The predicted molar refractivity (Wildman–Crippen MR) is 126 cm³/mol. The minimum atomic E-state index is -0.985. The van der Waals surface area contributed by atoms with E-state index in [4.69, 9.17) is 21.4 Å². The van der Waals surface area contributed by atoms with Crippen LogP contribution in [0.25, 0.3) is 10.2 Å². The van der Waals surface area contributed by atoms with Gasteiger partial charge in [-0.2, -0.15) is 0 Å². The van der Waals surface area contributed by atoms with Gasteiger partial charge in [-0.3, -0.25) is 9.59 Å². The van der Waals surface area contributed by atoms with E-state index in [0.29, 0.717) is 27.2 Å². The van der Waals surface area contributed by atoms with Gasteiger partial charge in [-0.05, 0) is 47.2 Å². The number of carbonyl (C=O) groups excluding carboxylic acids is 1. The fraction of sp³-hybridized carbons (Fsp3) is 0.167. The highest BCUT2D eigenvalue weighted by Gasteiger charge is 2.16. The molecular formula is C24H19ClN2O5S. The van der Waals surface area contributed by atoms with E-state index in [-0.39, 0.29) is 42.4 Å². The zero-order valence-electron chi connectivity index (χ0n) is 17.3. The monoisotopic (exact) mass is 482 g/mol. The van der Waals surface area contributed by atoms with Crippen LogP contribution < -0.4 is 5.56 Å². The lowest BCUT2D eigenvalue weighted by Crippen LogP contribution is -2.16. The van der Waals surface area contributed by atoms with Crippen LogP contribution in [0.4, 0.5) is 0 Å². The molecule has 0 amide bonds. The number of rotatable bonds is 9. The van der Waals surface area contributed by atoms with Crippen molar-refractivity contribution in [2.75, 3.05) is 0 Å². The highest BCUT2D eigenvalue weighted by Crippen LogP contribution is 2.23. The summed E-state index contributed by atoms with van der Waals surface area (Å²) in [4.78, 5) is 43.6. The van der Waals surface area contributed by atoms with Crippen LogP contribution in [0, 0.1) is 0 Å². The Morgan fingerprint density at radius 2 is 1.88 bits per heavy atom. The molecule has 0 aliphatic heterocycles. The number of aromatic carboxylic acids is 1. The number of carboxylic acids is 1. The Hall–Kier alpha value is -3.33. The number of carbonyl (C=O) groups is 2. The summed E-state index contributed by atoms with van der Waals surface area (Å²) in [5.41, 5.74) is 2.27. The second-order valence-electron chi connectivity index (χ2n) is 7.40. The SMILES string of the molecule is O=C(O)c1ccc(COCc2csc3nc(C(=O)CCc4cccc(Cl)c4)[nH]c(=O)c23)cc1. The smallest absolute Gasteiger partial charge is 0.335 e. The third-order valence-corrected chi connectivity index (χ3v) is 6.20. The lowest BCUT2D eigenvalue weighted by Gasteiger charge is -2.05. The predicted octanol–water partition coefficient (Wildman–Crippen LogP) is 4.87. The number of fused-ring (bicyclic) bond motifs is 1. The molecular weight excluding hydrogens is 464 g/mol. The van der Waals surface area contributed by atoms with Gasteiger partial charge in [-0.25, -0.2) is 9.78 Å². The van der Waals surface area contributed by atoms with E-state index in [1.54, 1.807) is 29.6 Å². The van der Waals surface area contributed by atoms with Crippen molar-refractivity contribution < 1.29 is 19.4 Å². The second-order valence-corrected chi connectivity index (χ2v) is 8.70. The number of hydrogen-bond donors (Lipinski definition) is 2. The molecule has 0 spiro atoms. The number of Topliss-reactive ketones (excluding diaryl/α,β-unsaturated/α-hetero) is 1. The highest BCUT2D eigenvalue weighted by molar-refractivity contribution is 7.16. The van der Waals surface area contributed by atoms with Gasteiger partial charge in [0.2, 0.25) is 0 Å². The van der Waals surface area contributed by atoms with Crippen LogP contribution in [0.3, 0.4) is 0 Å². The summed E-state index contributed by atoms with van der Waals surface area (Å²) in [6, 6.07) is 13.7. The van der Waals surface area contributed by atoms with E-state index in [9.17, 15) is 14.4 Å². The Bertz CT molecular complexity index is 1380. The summed E-state index contributed by atoms with van der Waals surface area (Å²) in [5, 5.41) is 11.8. The molecule has 0 bridgehead atoms. The number of carboxylic acid groups (broad SMARTS) is 1. The van der Waals surface area contributed by atoms with Gasteiger partial charge in [-0.1, -0.05) is 35.9 Å². The highest BCUT2D eigenvalue weighted by atomic mass is 35.5. The first kappa shape index (κ1) is 22.8. The standard InChI is InChI=1S/C24H19ClN2O5S/c25-18-3-1-2-14(10-18)6-9-19(28)21-26-22(29)20-17(13-33-23(20)27-21)12-32-11-15-4-7-16(8-5-15)24(30)31/h1-5,7-8,10,13H,6,9,11-12H2,(H,30,31)(H,26,27,29). The summed E-state index contributed by atoms with van der Waals surface area (Å²) in [6.07, 6.45) is 0.703. The summed E-state index contributed by atoms with van der Waals surface area (Å²) in [6.45, 7) is 0.455. The van der Waals surface area contributed by atoms with Crippen LogP contribution in [0.2, 0.25) is 5.02 Å². The van der Waals surface area contributed by atoms with Crippen molar-refractivity contribution in [1.82, 2.24) is 9.97 Å². The quantitative estimate of drug-likeness (QED) is 0.329. The number of nitrogens with one attached hydrogen (secondary N) is 1. The summed E-state index contributed by atoms with van der Waals surface area (Å²) in [5.74, 6) is -1.19. The molecule has 2 N–H and O–H groups in total. The van der Waals surface area contributed by atoms with Gasteiger partial charge in [-0.15, -0.1) is 11.3 Å². The van der Waals surface area contributed by atoms with E-state index < -0.39 is 5.97 Å². The molecule has 9 heteroatoms. The number of aromatic amines is 1. The lowest BCUT2D eigenvalue weighted by atomic mass is 10.1. The number of aryl methyl sites for hydroxylation is 1. The van der Waals surface area contributed by atoms with Gasteiger partial charge in [0.15, 0.2) is 11.6 Å². The number of hydrogen-bond acceptors (Lipinski definition) is 6. The molecule has 0 unspecified atom stereocenters. The average Bonchev–Trinajstić information content (AvgIpc) is 3.21. The Morgan fingerprint density at radius 1 is 1.09 bits per heavy atom. The van der Waals surface area contributed by atoms with Crippen molar-refractivity contribution in [3.63, 3.8) is 0 Å². The van der Waals surface area contributed by atoms with Gasteiger partial charge in [0.05, 0.1) is 24.2 Å². The van der Waals surface area contributed by atoms with Crippen molar-refractivity contribution in [3.8, 4) is 0 Å². The van der Waals surface area contributed by atoms with Gasteiger partial charge in [0, 0.05) is 17.0 Å². The topological polar surface area (TPSA) is 109 Å². The Kier molecular flexibility index (Phi) is 6.98. The molecule has 0 fully saturated rings. The molecule has 4 rings (SSSR count). The van der Waals surface area contributed by atoms with Crippen LogP contribution >= 0.6 is 22.9 Å². The van der Waals surface area contributed by atoms with E-state index in [2.05, 4.69) is 9.97 Å². The van der Waals surface area contributed by atoms with Crippen molar-refractivity contribution in [2.24, 2.45) is 0 Å². The fourth-order valence-corrected chi connectivity index (χ4v) is 4.47. The minimum Gasteiger partial charge on any atom is -0.478 e. The third kappa shape index (κ3) is 5.54. The van der Waals surface area contributed by atoms with Gasteiger partial charge in [0.25, 0.3) is 5.56 Å². The zero-order chi connectivity index (χ0) is 23.4. The molecule has 0 atom stereocenters. The van der Waals surface area contributed by atoms with Crippen molar-refractivity contribution >= 4 is 44.9 Å². The maximum absolute atomic E-state index is 12.7. The molecule has 7 nitrogen and oxygen atoms in total. The Morgan fingerprint density at radius 3 is 2.61 bits per heavy atom. The van der Waals surface area contributed by atoms with Crippen molar-refractivity contribution in [2.45, 2.75) is 26.1 Å². The third-order valence-electron chi connectivity index (χ3n) is 5.04. The molecule has 2 heterocycles. The first-order valence-electron chi connectivity index (χ1n) is 10.1. The molecule has 2 aromatic heterocycles. The van der Waals surface area contributed by atoms with Crippen LogP contribution in [0.15, 0.2) is 58.7 Å². The molecule has 33 heavy (non-hydrogen) atoms. The summed E-state index contributed by atoms with van der Waals surface area (Å²) in [7, 11) is 0. The normalized spacial score (nSPS) is 11.1. The fourth-order valence-electron chi connectivity index (χ4n) is 3.34. The van der Waals surface area contributed by atoms with Gasteiger partial charge < -0.3 is 14.8 Å². The zero-order valence-corrected chi connectivity index (χ0v) is 18.9. The second kappa shape index (κ2) is 10.1. The number of halogens is 1. The molecule has 0 aliphatic rings. The number of benzene rings is 2. The van der Waals surface area contributed by atoms with Crippen LogP contribution in [0.1, 0.15) is 44.1 Å². The largest absolute Gasteiger partial charge is 0.478 e. The maximum Gasteiger partial charge on any atom is 0.335 e. The number of nitrogens with zero attached hydrogens (tertiary/aromatic N) is 1. The van der Waals surface area contributed by atoms with Crippen molar-refractivity contribution in [3.05, 3.63) is 97.4 Å². The molecule has 168 valence electrons. The average molecular weight is 483 g/mol. The Labute approximate surface area is 197 Å². The first-order chi connectivity index (χ1) is 15.9. The molecule has 0 saturated heterocycles. The summed E-state index contributed by atoms with van der Waals surface area (Å²) >= 11 is 7.26. The molecule has 0 radical (unpaired) electrons. The van der Waals surface area contributed by atoms with E-state index >= 15 is 0 Å². The molecule has 0 saturated carbocycles. The number of ketones is 1. The number of aromatic nitrogens is 2. The van der Waals surface area contributed by atoms with E-state index in [0.717, 1.165) is 11.1 Å². The number of H-pyrrole nitrogens is 1. The number of ether oxygens (including phenoxy) is 1.